The van der Waals surface area contributed by atoms with Crippen molar-refractivity contribution >= 4 is 27.3 Å². The van der Waals surface area contributed by atoms with E-state index in [1.165, 1.54) is 13.2 Å². The highest BCUT2D eigenvalue weighted by molar-refractivity contribution is 7.92. The average Bonchev–Trinajstić information content (AvgIpc) is 2.27. The normalized spacial score (nSPS) is 11.6. The van der Waals surface area contributed by atoms with Crippen molar-refractivity contribution in [2.45, 2.75) is 19.9 Å². The van der Waals surface area contributed by atoms with Crippen LogP contribution in [-0.2, 0) is 10.0 Å². The van der Waals surface area contributed by atoms with Crippen molar-refractivity contribution in [3.8, 4) is 5.75 Å². The van der Waals surface area contributed by atoms with Crippen LogP contribution in [0.15, 0.2) is 18.2 Å². The van der Waals surface area contributed by atoms with E-state index >= 15 is 0 Å². The van der Waals surface area contributed by atoms with E-state index in [9.17, 15) is 8.42 Å². The summed E-state index contributed by atoms with van der Waals surface area (Å²) in [6, 6.07) is 5.00. The van der Waals surface area contributed by atoms with Crippen LogP contribution < -0.4 is 14.8 Å². The van der Waals surface area contributed by atoms with Gasteiger partial charge in [0.2, 0.25) is 10.0 Å². The lowest BCUT2D eigenvalue weighted by atomic mass is 10.3. The summed E-state index contributed by atoms with van der Waals surface area (Å²) >= 11 is 5.93. The number of methoxy groups -OCH3 is 1. The lowest BCUT2D eigenvalue weighted by Gasteiger charge is -2.11. The molecule has 108 valence electrons. The molecule has 0 saturated carbocycles. The molecule has 5 nitrogen and oxygen atoms in total. The van der Waals surface area contributed by atoms with Crippen LogP contribution in [0.1, 0.15) is 13.8 Å². The molecule has 1 aromatic carbocycles. The summed E-state index contributed by atoms with van der Waals surface area (Å²) in [7, 11) is -1.88. The van der Waals surface area contributed by atoms with Gasteiger partial charge in [-0.25, -0.2) is 8.42 Å². The first-order valence-corrected chi connectivity index (χ1v) is 7.94. The number of halogens is 1. The maximum atomic E-state index is 11.8. The lowest BCUT2D eigenvalue weighted by molar-refractivity contribution is 0.415. The van der Waals surface area contributed by atoms with Crippen molar-refractivity contribution in [1.29, 1.82) is 0 Å². The van der Waals surface area contributed by atoms with Gasteiger partial charge in [0.25, 0.3) is 0 Å². The average molecular weight is 307 g/mol. The molecule has 0 atom stereocenters. The summed E-state index contributed by atoms with van der Waals surface area (Å²) in [5, 5.41) is 3.42. The van der Waals surface area contributed by atoms with Gasteiger partial charge in [-0.2, -0.15) is 0 Å². The minimum absolute atomic E-state index is 0.00876. The number of ether oxygens (including phenoxy) is 1. The molecule has 2 N–H and O–H groups in total. The molecule has 0 aliphatic rings. The molecule has 0 fully saturated rings. The summed E-state index contributed by atoms with van der Waals surface area (Å²) in [6.07, 6.45) is 0. The van der Waals surface area contributed by atoms with E-state index in [1.807, 2.05) is 13.8 Å². The molecular formula is C12H19ClN2O3S. The van der Waals surface area contributed by atoms with Crippen molar-refractivity contribution in [2.75, 3.05) is 24.1 Å². The molecule has 1 aromatic rings. The van der Waals surface area contributed by atoms with Crippen molar-refractivity contribution in [2.24, 2.45) is 0 Å². The number of anilines is 1. The van der Waals surface area contributed by atoms with Crippen molar-refractivity contribution in [3.05, 3.63) is 23.2 Å². The van der Waals surface area contributed by atoms with Crippen LogP contribution >= 0.6 is 11.6 Å². The summed E-state index contributed by atoms with van der Waals surface area (Å²) in [4.78, 5) is 0. The Morgan fingerprint density at radius 2 is 2.05 bits per heavy atom. The standard InChI is InChI=1S/C12H19ClN2O3S/c1-9(2)14-6-7-19(16,17)15-10-4-5-12(18-3)11(13)8-10/h4-5,8-9,14-15H,6-7H2,1-3H3. The second kappa shape index (κ2) is 6.98. The Labute approximate surface area is 119 Å². The number of rotatable bonds is 7. The SMILES string of the molecule is COc1ccc(NS(=O)(=O)CCNC(C)C)cc1Cl. The molecule has 0 saturated heterocycles. The molecule has 7 heteroatoms. The van der Waals surface area contributed by atoms with Gasteiger partial charge in [-0.05, 0) is 18.2 Å². The van der Waals surface area contributed by atoms with Crippen LogP contribution in [0.25, 0.3) is 0 Å². The highest BCUT2D eigenvalue weighted by Gasteiger charge is 2.11. The van der Waals surface area contributed by atoms with Crippen LogP contribution in [0, 0.1) is 0 Å². The monoisotopic (exact) mass is 306 g/mol. The van der Waals surface area contributed by atoms with Crippen LogP contribution in [-0.4, -0.2) is 33.9 Å². The zero-order valence-electron chi connectivity index (χ0n) is 11.2. The third-order valence-electron chi connectivity index (χ3n) is 2.35. The van der Waals surface area contributed by atoms with E-state index in [0.717, 1.165) is 0 Å². The first-order chi connectivity index (χ1) is 8.84. The van der Waals surface area contributed by atoms with E-state index in [0.29, 0.717) is 23.0 Å². The highest BCUT2D eigenvalue weighted by atomic mass is 35.5. The van der Waals surface area contributed by atoms with Gasteiger partial charge in [0, 0.05) is 12.6 Å². The van der Waals surface area contributed by atoms with E-state index in [-0.39, 0.29) is 11.8 Å². The fourth-order valence-corrected chi connectivity index (χ4v) is 2.67. The zero-order valence-corrected chi connectivity index (χ0v) is 12.8. The van der Waals surface area contributed by atoms with E-state index < -0.39 is 10.0 Å². The third-order valence-corrected chi connectivity index (χ3v) is 3.93. The Kier molecular flexibility index (Phi) is 5.90. The van der Waals surface area contributed by atoms with Gasteiger partial charge in [0.05, 0.1) is 23.6 Å². The molecule has 0 heterocycles. The van der Waals surface area contributed by atoms with Crippen LogP contribution in [0.5, 0.6) is 5.75 Å². The molecule has 1 rings (SSSR count). The molecule has 0 unspecified atom stereocenters. The Morgan fingerprint density at radius 1 is 1.37 bits per heavy atom. The molecule has 0 bridgehead atoms. The van der Waals surface area contributed by atoms with E-state index in [4.69, 9.17) is 16.3 Å². The van der Waals surface area contributed by atoms with Gasteiger partial charge in [0.15, 0.2) is 0 Å². The Balaban J connectivity index is 2.65. The highest BCUT2D eigenvalue weighted by Crippen LogP contribution is 2.27. The zero-order chi connectivity index (χ0) is 14.5. The molecule has 0 spiro atoms. The topological polar surface area (TPSA) is 67.4 Å². The molecule has 0 aliphatic heterocycles. The first kappa shape index (κ1) is 16.1. The Bertz CT molecular complexity index is 518. The maximum Gasteiger partial charge on any atom is 0.233 e. The number of hydrogen-bond donors (Lipinski definition) is 2. The Morgan fingerprint density at radius 3 is 2.58 bits per heavy atom. The molecule has 0 radical (unpaired) electrons. The lowest BCUT2D eigenvalue weighted by Crippen LogP contribution is -2.30. The van der Waals surface area contributed by atoms with Gasteiger partial charge in [-0.1, -0.05) is 25.4 Å². The van der Waals surface area contributed by atoms with Crippen LogP contribution in [0.3, 0.4) is 0 Å². The molecule has 19 heavy (non-hydrogen) atoms. The number of hydrogen-bond acceptors (Lipinski definition) is 4. The van der Waals surface area contributed by atoms with Gasteiger partial charge < -0.3 is 10.1 Å². The van der Waals surface area contributed by atoms with Gasteiger partial charge in [-0.15, -0.1) is 0 Å². The third kappa shape index (κ3) is 5.67. The van der Waals surface area contributed by atoms with Gasteiger partial charge in [-0.3, -0.25) is 4.72 Å². The van der Waals surface area contributed by atoms with E-state index in [1.54, 1.807) is 12.1 Å². The largest absolute Gasteiger partial charge is 0.495 e. The van der Waals surface area contributed by atoms with Crippen molar-refractivity contribution in [1.82, 2.24) is 5.32 Å². The smallest absolute Gasteiger partial charge is 0.233 e. The van der Waals surface area contributed by atoms with Crippen molar-refractivity contribution in [3.63, 3.8) is 0 Å². The fourth-order valence-electron chi connectivity index (χ4n) is 1.44. The molecular weight excluding hydrogens is 288 g/mol. The van der Waals surface area contributed by atoms with Crippen LogP contribution in [0.4, 0.5) is 5.69 Å². The Hall–Kier alpha value is -0.980. The predicted octanol–water partition coefficient (Wildman–Crippen LogP) is 2.09. The van der Waals surface area contributed by atoms with Crippen molar-refractivity contribution < 1.29 is 13.2 Å². The second-order valence-electron chi connectivity index (χ2n) is 4.38. The van der Waals surface area contributed by atoms with Crippen LogP contribution in [0.2, 0.25) is 5.02 Å². The summed E-state index contributed by atoms with van der Waals surface area (Å²) in [5.41, 5.74) is 0.426. The number of nitrogens with one attached hydrogen (secondary N) is 2. The van der Waals surface area contributed by atoms with E-state index in [2.05, 4.69) is 10.0 Å². The molecule has 0 aliphatic carbocycles. The summed E-state index contributed by atoms with van der Waals surface area (Å²) < 4.78 is 31.1. The molecule has 0 aromatic heterocycles. The minimum atomic E-state index is -3.38. The summed E-state index contributed by atoms with van der Waals surface area (Å²) in [6.45, 7) is 4.32. The number of sulfonamides is 1. The fraction of sp³-hybridized carbons (Fsp3) is 0.500. The quantitative estimate of drug-likeness (QED) is 0.809. The number of benzene rings is 1. The predicted molar refractivity (Wildman–Crippen MR) is 78.6 cm³/mol. The van der Waals surface area contributed by atoms with Gasteiger partial charge in [0.1, 0.15) is 5.75 Å². The minimum Gasteiger partial charge on any atom is -0.495 e. The van der Waals surface area contributed by atoms with Gasteiger partial charge >= 0.3 is 0 Å². The second-order valence-corrected chi connectivity index (χ2v) is 6.63. The maximum absolute atomic E-state index is 11.8. The first-order valence-electron chi connectivity index (χ1n) is 5.91. The molecule has 0 amide bonds. The summed E-state index contributed by atoms with van der Waals surface area (Å²) in [5.74, 6) is 0.514.